The van der Waals surface area contributed by atoms with Gasteiger partial charge in [0.1, 0.15) is 5.78 Å². The van der Waals surface area contributed by atoms with Crippen molar-refractivity contribution in [3.63, 3.8) is 0 Å². The summed E-state index contributed by atoms with van der Waals surface area (Å²) in [5, 5.41) is 26.8. The van der Waals surface area contributed by atoms with Crippen molar-refractivity contribution in [2.45, 2.75) is 264 Å². The van der Waals surface area contributed by atoms with Crippen LogP contribution in [-0.2, 0) is 9.83 Å². The summed E-state index contributed by atoms with van der Waals surface area (Å²) in [7, 11) is 0. The van der Waals surface area contributed by atoms with E-state index in [9.17, 15) is 9.90 Å². The molecule has 2 atom stereocenters. The molecule has 2 unspecified atom stereocenters. The average molecular weight is 841 g/mol. The summed E-state index contributed by atoms with van der Waals surface area (Å²) in [6.45, 7) is 6.78. The summed E-state index contributed by atoms with van der Waals surface area (Å²) in [6, 6.07) is 0. The van der Waals surface area contributed by atoms with E-state index in [-0.39, 0.29) is 5.92 Å². The van der Waals surface area contributed by atoms with Crippen LogP contribution < -0.4 is 0 Å². The number of allylic oxidation sites excluding steroid dienone is 12. The SMILES string of the molecule is CCCCC/C=C\C/C=C\CCCCCCCCC(=O)C(CCCCCCC/C=C\C/C=C\CCCCC)C(O)CCCCCCC/C=C\C/C=C\CCCCC.OOO. The van der Waals surface area contributed by atoms with Crippen LogP contribution in [0, 0.1) is 5.92 Å². The van der Waals surface area contributed by atoms with Gasteiger partial charge in [-0.15, -0.1) is 0 Å². The first-order valence-corrected chi connectivity index (χ1v) is 25.6. The van der Waals surface area contributed by atoms with E-state index in [4.69, 9.17) is 10.5 Å². The second kappa shape index (κ2) is 55.0. The number of Topliss-reactive ketones (excluding diaryl/α,β-unsaturated/α-hetero) is 1. The summed E-state index contributed by atoms with van der Waals surface area (Å²) in [5.41, 5.74) is 0. The molecule has 5 heteroatoms. The number of hydrogen-bond acceptors (Lipinski definition) is 5. The second-order valence-corrected chi connectivity index (χ2v) is 17.1. The number of aliphatic hydroxyl groups excluding tert-OH is 1. The monoisotopic (exact) mass is 841 g/mol. The van der Waals surface area contributed by atoms with Gasteiger partial charge in [-0.25, -0.2) is 10.5 Å². The third-order valence-corrected chi connectivity index (χ3v) is 11.4. The van der Waals surface area contributed by atoms with Crippen molar-refractivity contribution in [3.8, 4) is 0 Å². The van der Waals surface area contributed by atoms with Gasteiger partial charge < -0.3 is 5.11 Å². The maximum Gasteiger partial charge on any atom is 0.138 e. The van der Waals surface area contributed by atoms with Gasteiger partial charge in [-0.3, -0.25) is 4.79 Å². The van der Waals surface area contributed by atoms with E-state index in [0.717, 1.165) is 64.2 Å². The van der Waals surface area contributed by atoms with E-state index in [1.54, 1.807) is 0 Å². The Bertz CT molecular complexity index is 1010. The molecule has 3 N–H and O–H groups in total. The Hall–Kier alpha value is -2.05. The van der Waals surface area contributed by atoms with Crippen LogP contribution in [0.2, 0.25) is 0 Å². The van der Waals surface area contributed by atoms with Gasteiger partial charge in [-0.05, 0) is 116 Å². The molecule has 5 nitrogen and oxygen atoms in total. The smallest absolute Gasteiger partial charge is 0.138 e. The Morgan fingerprint density at radius 2 is 0.650 bits per heavy atom. The van der Waals surface area contributed by atoms with Crippen LogP contribution in [0.25, 0.3) is 0 Å². The third kappa shape index (κ3) is 50.3. The maximum absolute atomic E-state index is 13.5. The summed E-state index contributed by atoms with van der Waals surface area (Å²) in [4.78, 5) is 13.5. The molecule has 0 rings (SSSR count). The molecule has 350 valence electrons. The average Bonchev–Trinajstić information content (AvgIpc) is 3.24. The molecule has 0 radical (unpaired) electrons. The van der Waals surface area contributed by atoms with Crippen LogP contribution in [0.5, 0.6) is 0 Å². The molecule has 0 heterocycles. The normalized spacial score (nSPS) is 13.2. The Balaban J connectivity index is 0. The van der Waals surface area contributed by atoms with E-state index < -0.39 is 6.10 Å². The Morgan fingerprint density at radius 1 is 0.383 bits per heavy atom. The number of carbonyl (C=O) groups excluding carboxylic acids is 1. The molecule has 0 aliphatic rings. The zero-order chi connectivity index (χ0) is 44.1. The lowest BCUT2D eigenvalue weighted by Gasteiger charge is -2.22. The van der Waals surface area contributed by atoms with Crippen molar-refractivity contribution >= 4 is 5.78 Å². The maximum atomic E-state index is 13.5. The molecule has 0 aromatic rings. The molecular weight excluding hydrogens is 741 g/mol. The lowest BCUT2D eigenvalue weighted by Crippen LogP contribution is -2.28. The molecule has 0 bridgehead atoms. The van der Waals surface area contributed by atoms with E-state index in [1.807, 2.05) is 0 Å². The zero-order valence-electron chi connectivity index (χ0n) is 39.9. The van der Waals surface area contributed by atoms with Crippen LogP contribution in [0.1, 0.15) is 258 Å². The minimum absolute atomic E-state index is 0.160. The van der Waals surface area contributed by atoms with Gasteiger partial charge in [0, 0.05) is 12.3 Å². The van der Waals surface area contributed by atoms with Crippen LogP contribution in [0.4, 0.5) is 0 Å². The van der Waals surface area contributed by atoms with Gasteiger partial charge in [0.2, 0.25) is 0 Å². The molecule has 0 aromatic carbocycles. The minimum Gasteiger partial charge on any atom is -0.392 e. The summed E-state index contributed by atoms with van der Waals surface area (Å²) in [5.74, 6) is 0.172. The van der Waals surface area contributed by atoms with Crippen molar-refractivity contribution < 1.29 is 25.5 Å². The highest BCUT2D eigenvalue weighted by Crippen LogP contribution is 2.24. The van der Waals surface area contributed by atoms with Gasteiger partial charge in [-0.2, -0.15) is 0 Å². The highest BCUT2D eigenvalue weighted by molar-refractivity contribution is 5.81. The highest BCUT2D eigenvalue weighted by Gasteiger charge is 2.25. The van der Waals surface area contributed by atoms with E-state index in [1.165, 1.54) is 167 Å². The topological polar surface area (TPSA) is 87.0 Å². The fourth-order valence-electron chi connectivity index (χ4n) is 7.58. The lowest BCUT2D eigenvalue weighted by atomic mass is 9.86. The molecule has 0 amide bonds. The first kappa shape index (κ1) is 60.0. The van der Waals surface area contributed by atoms with Crippen molar-refractivity contribution in [2.24, 2.45) is 5.92 Å². The van der Waals surface area contributed by atoms with Gasteiger partial charge in [-0.1, -0.05) is 214 Å². The number of rotatable bonds is 45. The predicted molar refractivity (Wildman–Crippen MR) is 264 cm³/mol. The number of carbonyl (C=O) groups is 1. The predicted octanol–water partition coefficient (Wildman–Crippen LogP) is 18.3. The molecule has 0 aliphatic heterocycles. The van der Waals surface area contributed by atoms with Crippen LogP contribution in [-0.4, -0.2) is 27.5 Å². The summed E-state index contributed by atoms with van der Waals surface area (Å²) < 4.78 is 0. The molecular formula is C55H100O5. The van der Waals surface area contributed by atoms with Crippen LogP contribution in [0.15, 0.2) is 72.9 Å². The first-order chi connectivity index (χ1) is 29.6. The molecule has 0 spiro atoms. The van der Waals surface area contributed by atoms with Crippen molar-refractivity contribution in [1.29, 1.82) is 0 Å². The summed E-state index contributed by atoms with van der Waals surface area (Å²) in [6.07, 6.45) is 71.1. The van der Waals surface area contributed by atoms with Gasteiger partial charge in [0.25, 0.3) is 0 Å². The zero-order valence-corrected chi connectivity index (χ0v) is 39.9. The standard InChI is InChI=1S/C55H98O2.H2O3/c1-4-7-10-13-16-19-22-25-28-31-34-37-40-43-46-49-52-55(57)53(50-47-44-41-38-35-32-29-26-23-20-17-14-11-8-5-2)54(56)51-48-45-42-39-36-33-30-27-24-21-18-15-12-9-6-3;1-3-2/h16-21,25-30,53-54,56H,4-15,22-24,31-52H2,1-3H3;1-2H/b19-16-,20-17-,21-18-,28-25-,29-26-,30-27-;. The number of aliphatic hydroxyl groups is 1. The van der Waals surface area contributed by atoms with Crippen molar-refractivity contribution in [1.82, 2.24) is 0 Å². The van der Waals surface area contributed by atoms with Crippen LogP contribution in [0.3, 0.4) is 0 Å². The molecule has 60 heavy (non-hydrogen) atoms. The third-order valence-electron chi connectivity index (χ3n) is 11.4. The molecule has 0 fully saturated rings. The molecule has 0 aromatic heterocycles. The molecule has 0 saturated heterocycles. The number of unbranched alkanes of at least 4 members (excludes halogenated alkanes) is 25. The fourth-order valence-corrected chi connectivity index (χ4v) is 7.58. The Morgan fingerprint density at radius 3 is 0.983 bits per heavy atom. The number of ketones is 1. The largest absolute Gasteiger partial charge is 0.392 e. The van der Waals surface area contributed by atoms with Gasteiger partial charge in [0.05, 0.1) is 6.10 Å². The number of hydrogen-bond donors (Lipinski definition) is 3. The lowest BCUT2D eigenvalue weighted by molar-refractivity contribution is -0.465. The Kier molecular flexibility index (Phi) is 55.0. The Labute approximate surface area is 373 Å². The van der Waals surface area contributed by atoms with E-state index >= 15 is 0 Å². The van der Waals surface area contributed by atoms with Gasteiger partial charge >= 0.3 is 0 Å². The molecule has 0 saturated carbocycles. The fraction of sp³-hybridized carbons (Fsp3) is 0.764. The quantitative estimate of drug-likeness (QED) is 0.0246. The van der Waals surface area contributed by atoms with Crippen LogP contribution >= 0.6 is 0 Å². The molecule has 0 aliphatic carbocycles. The second-order valence-electron chi connectivity index (χ2n) is 17.1. The summed E-state index contributed by atoms with van der Waals surface area (Å²) >= 11 is 0. The van der Waals surface area contributed by atoms with Gasteiger partial charge in [0.15, 0.2) is 0 Å². The highest BCUT2D eigenvalue weighted by atomic mass is 17.4. The minimum atomic E-state index is -0.467. The van der Waals surface area contributed by atoms with Crippen molar-refractivity contribution in [2.75, 3.05) is 0 Å². The van der Waals surface area contributed by atoms with Crippen molar-refractivity contribution in [3.05, 3.63) is 72.9 Å². The van der Waals surface area contributed by atoms with E-state index in [0.29, 0.717) is 12.2 Å². The van der Waals surface area contributed by atoms with E-state index in [2.05, 4.69) is 98.7 Å². The first-order valence-electron chi connectivity index (χ1n) is 25.6.